The summed E-state index contributed by atoms with van der Waals surface area (Å²) in [4.78, 5) is 11.7. The highest BCUT2D eigenvalue weighted by Gasteiger charge is 2.40. The summed E-state index contributed by atoms with van der Waals surface area (Å²) in [6.45, 7) is 2.77. The second-order valence-corrected chi connectivity index (χ2v) is 6.91. The molecule has 0 heterocycles. The van der Waals surface area contributed by atoms with Crippen LogP contribution in [0.25, 0.3) is 0 Å². The maximum Gasteiger partial charge on any atom is 0.327 e. The van der Waals surface area contributed by atoms with Gasteiger partial charge in [0.25, 0.3) is 0 Å². The average Bonchev–Trinajstić information content (AvgIpc) is 2.25. The molecule has 4 nitrogen and oxygen atoms in total. The minimum atomic E-state index is -3.48. The van der Waals surface area contributed by atoms with E-state index in [9.17, 15) is 13.2 Å². The zero-order valence-corrected chi connectivity index (χ0v) is 11.0. The molecule has 0 aliphatic rings. The predicted octanol–water partition coefficient (Wildman–Crippen LogP) is 1.55. The van der Waals surface area contributed by atoms with Gasteiger partial charge in [0, 0.05) is 6.26 Å². The Kier molecular flexibility index (Phi) is 3.93. The van der Waals surface area contributed by atoms with Crippen molar-refractivity contribution in [3.05, 3.63) is 35.9 Å². The van der Waals surface area contributed by atoms with Gasteiger partial charge in [-0.2, -0.15) is 0 Å². The number of benzene rings is 1. The number of hydrogen-bond acceptors (Lipinski definition) is 4. The first-order valence-corrected chi connectivity index (χ1v) is 7.05. The van der Waals surface area contributed by atoms with E-state index in [1.165, 1.54) is 13.8 Å². The molecule has 0 amide bonds. The molecule has 0 saturated carbocycles. The van der Waals surface area contributed by atoms with Crippen LogP contribution < -0.4 is 0 Å². The summed E-state index contributed by atoms with van der Waals surface area (Å²) in [6, 6.07) is 9.11. The predicted molar refractivity (Wildman–Crippen MR) is 65.2 cm³/mol. The van der Waals surface area contributed by atoms with E-state index in [1.54, 1.807) is 12.1 Å². The average molecular weight is 256 g/mol. The normalized spacial score (nSPS) is 12.2. The Labute approximate surface area is 102 Å². The Morgan fingerprint density at radius 2 is 1.76 bits per heavy atom. The van der Waals surface area contributed by atoms with Crippen molar-refractivity contribution in [3.63, 3.8) is 0 Å². The molecule has 0 aliphatic carbocycles. The molecule has 0 unspecified atom stereocenters. The topological polar surface area (TPSA) is 60.4 Å². The van der Waals surface area contributed by atoms with Gasteiger partial charge >= 0.3 is 5.97 Å². The zero-order valence-electron chi connectivity index (χ0n) is 10.1. The molecule has 0 saturated heterocycles. The Hall–Kier alpha value is -1.36. The van der Waals surface area contributed by atoms with Crippen molar-refractivity contribution in [1.82, 2.24) is 0 Å². The lowest BCUT2D eigenvalue weighted by atomic mass is 10.2. The van der Waals surface area contributed by atoms with E-state index in [1.807, 2.05) is 18.2 Å². The van der Waals surface area contributed by atoms with Crippen molar-refractivity contribution in [2.24, 2.45) is 0 Å². The van der Waals surface area contributed by atoms with Gasteiger partial charge in [-0.1, -0.05) is 30.3 Å². The van der Waals surface area contributed by atoms with Crippen LogP contribution in [0.2, 0.25) is 0 Å². The number of carbonyl (C=O) groups is 1. The van der Waals surface area contributed by atoms with E-state index in [-0.39, 0.29) is 6.61 Å². The van der Waals surface area contributed by atoms with Crippen molar-refractivity contribution in [1.29, 1.82) is 0 Å². The molecule has 0 N–H and O–H groups in total. The quantitative estimate of drug-likeness (QED) is 0.767. The van der Waals surface area contributed by atoms with Gasteiger partial charge in [-0.25, -0.2) is 8.42 Å². The lowest BCUT2D eigenvalue weighted by Gasteiger charge is -2.20. The molecule has 0 fully saturated rings. The Bertz CT molecular complexity index is 488. The highest BCUT2D eigenvalue weighted by atomic mass is 32.2. The maximum atomic E-state index is 11.7. The summed E-state index contributed by atoms with van der Waals surface area (Å²) in [6.07, 6.45) is 1.02. The third-order valence-electron chi connectivity index (χ3n) is 2.63. The Morgan fingerprint density at radius 1 is 1.24 bits per heavy atom. The first-order chi connectivity index (χ1) is 7.75. The molecule has 5 heteroatoms. The molecule has 1 rings (SSSR count). The van der Waals surface area contributed by atoms with Crippen LogP contribution in [0.1, 0.15) is 19.4 Å². The second kappa shape index (κ2) is 4.87. The number of hydrogen-bond donors (Lipinski definition) is 0. The minimum absolute atomic E-state index is 0.0820. The second-order valence-electron chi connectivity index (χ2n) is 4.34. The van der Waals surface area contributed by atoms with E-state index in [2.05, 4.69) is 0 Å². The molecule has 0 radical (unpaired) electrons. The zero-order chi connectivity index (χ0) is 13.1. The minimum Gasteiger partial charge on any atom is -0.460 e. The third-order valence-corrected chi connectivity index (χ3v) is 4.65. The maximum absolute atomic E-state index is 11.7. The fourth-order valence-corrected chi connectivity index (χ4v) is 1.41. The van der Waals surface area contributed by atoms with E-state index in [0.29, 0.717) is 0 Å². The summed E-state index contributed by atoms with van der Waals surface area (Å²) < 4.78 is 26.3. The van der Waals surface area contributed by atoms with Gasteiger partial charge in [0.1, 0.15) is 6.61 Å². The molecule has 94 valence electrons. The molecular formula is C12H16O4S. The van der Waals surface area contributed by atoms with Gasteiger partial charge in [-0.15, -0.1) is 0 Å². The van der Waals surface area contributed by atoms with Crippen LogP contribution in [0, 0.1) is 0 Å². The van der Waals surface area contributed by atoms with E-state index < -0.39 is 20.6 Å². The molecule has 1 aromatic rings. The van der Waals surface area contributed by atoms with Crippen LogP contribution in [-0.2, 0) is 26.0 Å². The molecule has 1 aromatic carbocycles. The standard InChI is InChI=1S/C12H16O4S/c1-12(2,17(3,14)15)11(13)16-9-10-7-5-4-6-8-10/h4-8H,9H2,1-3H3. The summed E-state index contributed by atoms with van der Waals surface area (Å²) in [5.41, 5.74) is 0.824. The monoisotopic (exact) mass is 256 g/mol. The molecule has 0 atom stereocenters. The number of sulfone groups is 1. The fraction of sp³-hybridized carbons (Fsp3) is 0.417. The SMILES string of the molecule is CC(C)(C(=O)OCc1ccccc1)S(C)(=O)=O. The first kappa shape index (κ1) is 13.7. The van der Waals surface area contributed by atoms with Crippen LogP contribution in [0.5, 0.6) is 0 Å². The first-order valence-electron chi connectivity index (χ1n) is 5.16. The van der Waals surface area contributed by atoms with Crippen molar-refractivity contribution < 1.29 is 17.9 Å². The van der Waals surface area contributed by atoms with Gasteiger partial charge in [0.05, 0.1) is 0 Å². The fourth-order valence-electron chi connectivity index (χ4n) is 1.05. The van der Waals surface area contributed by atoms with Crippen LogP contribution in [0.4, 0.5) is 0 Å². The van der Waals surface area contributed by atoms with E-state index in [0.717, 1.165) is 11.8 Å². The summed E-state index contributed by atoms with van der Waals surface area (Å²) in [7, 11) is -3.48. The van der Waals surface area contributed by atoms with Crippen molar-refractivity contribution >= 4 is 15.8 Å². The highest BCUT2D eigenvalue weighted by Crippen LogP contribution is 2.17. The third kappa shape index (κ3) is 3.30. The highest BCUT2D eigenvalue weighted by molar-refractivity contribution is 7.92. The van der Waals surface area contributed by atoms with Crippen molar-refractivity contribution in [2.45, 2.75) is 25.2 Å². The van der Waals surface area contributed by atoms with Gasteiger partial charge in [0.15, 0.2) is 14.6 Å². The number of ether oxygens (including phenoxy) is 1. The summed E-state index contributed by atoms with van der Waals surface area (Å²) >= 11 is 0. The van der Waals surface area contributed by atoms with E-state index in [4.69, 9.17) is 4.74 Å². The van der Waals surface area contributed by atoms with Crippen LogP contribution in [0.3, 0.4) is 0 Å². The van der Waals surface area contributed by atoms with Crippen LogP contribution in [-0.4, -0.2) is 25.4 Å². The van der Waals surface area contributed by atoms with Crippen molar-refractivity contribution in [3.8, 4) is 0 Å². The molecule has 0 spiro atoms. The van der Waals surface area contributed by atoms with Gasteiger partial charge in [-0.3, -0.25) is 4.79 Å². The van der Waals surface area contributed by atoms with Crippen molar-refractivity contribution in [2.75, 3.05) is 6.26 Å². The van der Waals surface area contributed by atoms with Crippen LogP contribution >= 0.6 is 0 Å². The lowest BCUT2D eigenvalue weighted by Crippen LogP contribution is -2.41. The number of rotatable bonds is 4. The number of carbonyl (C=O) groups excluding carboxylic acids is 1. The number of esters is 1. The molecule has 0 aromatic heterocycles. The summed E-state index contributed by atoms with van der Waals surface area (Å²) in [5.74, 6) is -0.733. The lowest BCUT2D eigenvalue weighted by molar-refractivity contribution is -0.147. The van der Waals surface area contributed by atoms with E-state index >= 15 is 0 Å². The molecule has 0 aliphatic heterocycles. The smallest absolute Gasteiger partial charge is 0.327 e. The Balaban J connectivity index is 2.69. The molecule has 17 heavy (non-hydrogen) atoms. The van der Waals surface area contributed by atoms with Gasteiger partial charge in [-0.05, 0) is 19.4 Å². The Morgan fingerprint density at radius 3 is 2.24 bits per heavy atom. The molecular weight excluding hydrogens is 240 g/mol. The van der Waals surface area contributed by atoms with Crippen LogP contribution in [0.15, 0.2) is 30.3 Å². The van der Waals surface area contributed by atoms with Gasteiger partial charge < -0.3 is 4.74 Å². The summed E-state index contributed by atoms with van der Waals surface area (Å²) in [5, 5.41) is 0. The molecule has 0 bridgehead atoms. The van der Waals surface area contributed by atoms with Gasteiger partial charge in [0.2, 0.25) is 0 Å². The largest absolute Gasteiger partial charge is 0.460 e.